The molecule has 0 radical (unpaired) electrons. The predicted octanol–water partition coefficient (Wildman–Crippen LogP) is 2.19. The summed E-state index contributed by atoms with van der Waals surface area (Å²) in [6.45, 7) is 0.585. The number of rotatable bonds is 5. The van der Waals surface area contributed by atoms with Crippen LogP contribution in [0.1, 0.15) is 18.4 Å². The van der Waals surface area contributed by atoms with Gasteiger partial charge in [0.1, 0.15) is 5.82 Å². The molecule has 8 heteroatoms. The van der Waals surface area contributed by atoms with E-state index in [9.17, 15) is 23.1 Å². The van der Waals surface area contributed by atoms with Crippen LogP contribution in [0.15, 0.2) is 18.2 Å². The van der Waals surface area contributed by atoms with E-state index in [1.807, 2.05) is 4.90 Å². The Morgan fingerprint density at radius 2 is 2.08 bits per heavy atom. The van der Waals surface area contributed by atoms with Gasteiger partial charge in [0.05, 0.1) is 18.3 Å². The van der Waals surface area contributed by atoms with Gasteiger partial charge < -0.3 is 20.2 Å². The Kier molecular flexibility index (Phi) is 6.30. The summed E-state index contributed by atoms with van der Waals surface area (Å²) in [5.41, 5.74) is 1.01. The van der Waals surface area contributed by atoms with Gasteiger partial charge in [-0.05, 0) is 30.5 Å². The van der Waals surface area contributed by atoms with Crippen LogP contribution in [0.2, 0.25) is 0 Å². The summed E-state index contributed by atoms with van der Waals surface area (Å²) in [5, 5.41) is 12.0. The van der Waals surface area contributed by atoms with Crippen LogP contribution in [0.25, 0.3) is 0 Å². The molecule has 0 saturated carbocycles. The highest BCUT2D eigenvalue weighted by atomic mass is 19.3. The highest BCUT2D eigenvalue weighted by molar-refractivity contribution is 5.73. The number of halogens is 3. The third-order valence-electron chi connectivity index (χ3n) is 4.02. The number of benzene rings is 1. The highest BCUT2D eigenvalue weighted by Gasteiger charge is 2.20. The van der Waals surface area contributed by atoms with Crippen molar-refractivity contribution in [2.24, 2.45) is 0 Å². The maximum Gasteiger partial charge on any atom is 0.317 e. The first-order valence-corrected chi connectivity index (χ1v) is 7.85. The number of hydrogen-bond donors (Lipinski definition) is 2. The van der Waals surface area contributed by atoms with Crippen molar-refractivity contribution >= 4 is 11.7 Å². The standard InChI is InChI=1S/C16H22F3N3O2/c1-21(10-15(18)19)16(24)20-9-11-2-3-14(13(17)8-11)22-6-4-12(23)5-7-22/h2-3,8,12,15,23H,4-7,9-10H2,1H3,(H,20,24). The topological polar surface area (TPSA) is 55.8 Å². The number of aliphatic hydroxyl groups is 1. The average molecular weight is 345 g/mol. The lowest BCUT2D eigenvalue weighted by Gasteiger charge is -2.31. The van der Waals surface area contributed by atoms with Crippen molar-refractivity contribution in [2.45, 2.75) is 31.9 Å². The average Bonchev–Trinajstić information content (AvgIpc) is 2.53. The van der Waals surface area contributed by atoms with E-state index in [2.05, 4.69) is 5.32 Å². The molecular formula is C16H22F3N3O2. The molecule has 24 heavy (non-hydrogen) atoms. The summed E-state index contributed by atoms with van der Waals surface area (Å²) in [6, 6.07) is 4.02. The zero-order chi connectivity index (χ0) is 17.7. The van der Waals surface area contributed by atoms with Crippen molar-refractivity contribution in [3.05, 3.63) is 29.6 Å². The summed E-state index contributed by atoms with van der Waals surface area (Å²) in [7, 11) is 1.27. The van der Waals surface area contributed by atoms with Crippen LogP contribution in [0.3, 0.4) is 0 Å². The van der Waals surface area contributed by atoms with Crippen LogP contribution in [0.4, 0.5) is 23.7 Å². The largest absolute Gasteiger partial charge is 0.393 e. The van der Waals surface area contributed by atoms with Crippen LogP contribution in [-0.4, -0.2) is 55.2 Å². The van der Waals surface area contributed by atoms with Gasteiger partial charge in [-0.3, -0.25) is 0 Å². The second kappa shape index (κ2) is 8.23. The number of anilines is 1. The van der Waals surface area contributed by atoms with E-state index in [1.54, 1.807) is 12.1 Å². The first-order chi connectivity index (χ1) is 11.4. The minimum Gasteiger partial charge on any atom is -0.393 e. The number of carbonyl (C=O) groups excluding carboxylic acids is 1. The van der Waals surface area contributed by atoms with E-state index in [0.717, 1.165) is 4.90 Å². The van der Waals surface area contributed by atoms with Crippen LogP contribution in [-0.2, 0) is 6.54 Å². The molecule has 1 fully saturated rings. The number of aliphatic hydroxyl groups excluding tert-OH is 1. The Hall–Kier alpha value is -1.96. The van der Waals surface area contributed by atoms with Gasteiger partial charge in [-0.25, -0.2) is 18.0 Å². The number of nitrogens with zero attached hydrogens (tertiary/aromatic N) is 2. The van der Waals surface area contributed by atoms with Crippen molar-refractivity contribution < 1.29 is 23.1 Å². The molecule has 1 heterocycles. The van der Waals surface area contributed by atoms with Crippen molar-refractivity contribution in [3.8, 4) is 0 Å². The van der Waals surface area contributed by atoms with Gasteiger partial charge in [-0.15, -0.1) is 0 Å². The summed E-state index contributed by atoms with van der Waals surface area (Å²) in [6.07, 6.45) is -1.72. The van der Waals surface area contributed by atoms with E-state index in [4.69, 9.17) is 0 Å². The molecule has 134 valence electrons. The Morgan fingerprint density at radius 3 is 2.67 bits per heavy atom. The molecule has 2 N–H and O–H groups in total. The van der Waals surface area contributed by atoms with Crippen LogP contribution in [0.5, 0.6) is 0 Å². The quantitative estimate of drug-likeness (QED) is 0.860. The fourth-order valence-corrected chi connectivity index (χ4v) is 2.63. The molecule has 1 saturated heterocycles. The van der Waals surface area contributed by atoms with Gasteiger partial charge in [0, 0.05) is 26.7 Å². The second-order valence-corrected chi connectivity index (χ2v) is 5.93. The van der Waals surface area contributed by atoms with E-state index >= 15 is 0 Å². The van der Waals surface area contributed by atoms with Crippen molar-refractivity contribution in [2.75, 3.05) is 31.6 Å². The molecular weight excluding hydrogens is 323 g/mol. The lowest BCUT2D eigenvalue weighted by atomic mass is 10.1. The normalized spacial score (nSPS) is 15.7. The zero-order valence-corrected chi connectivity index (χ0v) is 13.5. The monoisotopic (exact) mass is 345 g/mol. The maximum atomic E-state index is 14.3. The van der Waals surface area contributed by atoms with Crippen LogP contribution in [0, 0.1) is 5.82 Å². The minimum atomic E-state index is -2.60. The minimum absolute atomic E-state index is 0.0579. The van der Waals surface area contributed by atoms with Crippen LogP contribution >= 0.6 is 0 Å². The second-order valence-electron chi connectivity index (χ2n) is 5.93. The Balaban J connectivity index is 1.91. The van der Waals surface area contributed by atoms with Crippen molar-refractivity contribution in [1.82, 2.24) is 10.2 Å². The number of hydrogen-bond acceptors (Lipinski definition) is 3. The molecule has 0 bridgehead atoms. The summed E-state index contributed by atoms with van der Waals surface area (Å²) in [4.78, 5) is 14.4. The molecule has 0 aromatic heterocycles. The lowest BCUT2D eigenvalue weighted by molar-refractivity contribution is 0.108. The molecule has 1 aliphatic heterocycles. The van der Waals surface area contributed by atoms with E-state index < -0.39 is 24.8 Å². The van der Waals surface area contributed by atoms with Crippen molar-refractivity contribution in [1.29, 1.82) is 0 Å². The maximum absolute atomic E-state index is 14.3. The predicted molar refractivity (Wildman–Crippen MR) is 84.7 cm³/mol. The van der Waals surface area contributed by atoms with E-state index in [1.165, 1.54) is 13.1 Å². The molecule has 2 amide bonds. The van der Waals surface area contributed by atoms with E-state index in [0.29, 0.717) is 37.2 Å². The first kappa shape index (κ1) is 18.4. The number of carbonyl (C=O) groups is 1. The van der Waals surface area contributed by atoms with Gasteiger partial charge in [0.25, 0.3) is 6.43 Å². The summed E-state index contributed by atoms with van der Waals surface area (Å²) in [5.74, 6) is -0.404. The fourth-order valence-electron chi connectivity index (χ4n) is 2.63. The Labute approximate surface area is 139 Å². The van der Waals surface area contributed by atoms with Crippen molar-refractivity contribution in [3.63, 3.8) is 0 Å². The van der Waals surface area contributed by atoms with Gasteiger partial charge in [-0.2, -0.15) is 0 Å². The smallest absolute Gasteiger partial charge is 0.317 e. The van der Waals surface area contributed by atoms with Gasteiger partial charge >= 0.3 is 6.03 Å². The molecule has 2 rings (SSSR count). The van der Waals surface area contributed by atoms with Gasteiger partial charge in [0.15, 0.2) is 0 Å². The Morgan fingerprint density at radius 1 is 1.42 bits per heavy atom. The van der Waals surface area contributed by atoms with Gasteiger partial charge in [-0.1, -0.05) is 6.07 Å². The Bertz CT molecular complexity index is 563. The molecule has 1 aliphatic rings. The molecule has 0 aliphatic carbocycles. The van der Waals surface area contributed by atoms with E-state index in [-0.39, 0.29) is 12.6 Å². The summed E-state index contributed by atoms with van der Waals surface area (Å²) >= 11 is 0. The molecule has 1 aromatic carbocycles. The molecule has 0 atom stereocenters. The third kappa shape index (κ3) is 5.02. The zero-order valence-electron chi connectivity index (χ0n) is 13.5. The number of alkyl halides is 2. The molecule has 1 aromatic rings. The lowest BCUT2D eigenvalue weighted by Crippen LogP contribution is -2.39. The SMILES string of the molecule is CN(CC(F)F)C(=O)NCc1ccc(N2CCC(O)CC2)c(F)c1. The van der Waals surface area contributed by atoms with Gasteiger partial charge in [0.2, 0.25) is 0 Å². The molecule has 0 unspecified atom stereocenters. The molecule has 5 nitrogen and oxygen atoms in total. The number of piperidine rings is 1. The number of amides is 2. The van der Waals surface area contributed by atoms with Crippen LogP contribution < -0.4 is 10.2 Å². The third-order valence-corrected chi connectivity index (χ3v) is 4.02. The summed E-state index contributed by atoms with van der Waals surface area (Å²) < 4.78 is 38.7. The highest BCUT2D eigenvalue weighted by Crippen LogP contribution is 2.24. The number of urea groups is 1. The fraction of sp³-hybridized carbons (Fsp3) is 0.562. The first-order valence-electron chi connectivity index (χ1n) is 7.85. The number of nitrogens with one attached hydrogen (secondary N) is 1. The molecule has 0 spiro atoms.